The lowest BCUT2D eigenvalue weighted by atomic mass is 9.95. The minimum Gasteiger partial charge on any atom is -0.357 e. The van der Waals surface area contributed by atoms with E-state index in [0.29, 0.717) is 17.8 Å². The van der Waals surface area contributed by atoms with Crippen LogP contribution in [0.1, 0.15) is 56.5 Å². The van der Waals surface area contributed by atoms with Gasteiger partial charge in [0.2, 0.25) is 0 Å². The van der Waals surface area contributed by atoms with E-state index in [4.69, 9.17) is 10.1 Å². The molecule has 0 saturated heterocycles. The lowest BCUT2D eigenvalue weighted by Gasteiger charge is -2.30. The van der Waals surface area contributed by atoms with Gasteiger partial charge in [0.25, 0.3) is 0 Å². The van der Waals surface area contributed by atoms with E-state index in [1.54, 1.807) is 0 Å². The van der Waals surface area contributed by atoms with E-state index in [9.17, 15) is 4.21 Å². The topological polar surface area (TPSA) is 71.3 Å². The van der Waals surface area contributed by atoms with Crippen LogP contribution in [0.2, 0.25) is 0 Å². The molecule has 8 heteroatoms. The summed E-state index contributed by atoms with van der Waals surface area (Å²) in [5.41, 5.74) is 4.35. The molecule has 1 heterocycles. The maximum Gasteiger partial charge on any atom is 0.191 e. The van der Waals surface area contributed by atoms with Gasteiger partial charge in [-0.25, -0.2) is 9.67 Å². The summed E-state index contributed by atoms with van der Waals surface area (Å²) in [7, 11) is -0.719. The number of hydrogen-bond donors (Lipinski definition) is 2. The van der Waals surface area contributed by atoms with E-state index in [0.717, 1.165) is 66.6 Å². The molecule has 0 spiro atoms. The Balaban J connectivity index is 0.00000341. The first-order valence-corrected chi connectivity index (χ1v) is 12.4. The number of nitrogens with zero attached hydrogens (tertiary/aromatic N) is 3. The summed E-state index contributed by atoms with van der Waals surface area (Å²) in [5, 5.41) is 12.0. The molecule has 1 aromatic heterocycles. The van der Waals surface area contributed by atoms with Gasteiger partial charge in [-0.1, -0.05) is 31.5 Å². The van der Waals surface area contributed by atoms with Gasteiger partial charge in [-0.15, -0.1) is 24.0 Å². The number of guanidine groups is 1. The Kier molecular flexibility index (Phi) is 10.5. The average molecular weight is 558 g/mol. The Morgan fingerprint density at radius 2 is 1.97 bits per heavy atom. The minimum atomic E-state index is -0.719. The van der Waals surface area contributed by atoms with E-state index in [-0.39, 0.29) is 24.0 Å². The number of nitrogens with one attached hydrogen (secondary N) is 2. The van der Waals surface area contributed by atoms with Crippen LogP contribution in [0.5, 0.6) is 0 Å². The van der Waals surface area contributed by atoms with Crippen molar-refractivity contribution in [2.45, 2.75) is 71.2 Å². The Morgan fingerprint density at radius 3 is 2.65 bits per heavy atom. The predicted molar refractivity (Wildman–Crippen MR) is 141 cm³/mol. The van der Waals surface area contributed by atoms with Gasteiger partial charge in [-0.05, 0) is 52.2 Å². The fraction of sp³-hybridized carbons (Fsp3) is 0.565. The Morgan fingerprint density at radius 1 is 1.23 bits per heavy atom. The fourth-order valence-corrected chi connectivity index (χ4v) is 5.49. The number of benzene rings is 1. The summed E-state index contributed by atoms with van der Waals surface area (Å²) < 4.78 is 14.2. The van der Waals surface area contributed by atoms with Crippen LogP contribution in [0.15, 0.2) is 35.3 Å². The molecule has 2 aromatic rings. The highest BCUT2D eigenvalue weighted by Gasteiger charge is 2.26. The molecule has 2 N–H and O–H groups in total. The van der Waals surface area contributed by atoms with Crippen molar-refractivity contribution in [2.24, 2.45) is 4.99 Å². The second-order valence-corrected chi connectivity index (χ2v) is 9.90. The van der Waals surface area contributed by atoms with Crippen molar-refractivity contribution in [3.8, 4) is 5.69 Å². The maximum absolute atomic E-state index is 12.3. The molecule has 1 saturated carbocycles. The van der Waals surface area contributed by atoms with Gasteiger partial charge in [0.05, 0.1) is 17.9 Å². The number of hydrogen-bond acceptors (Lipinski definition) is 3. The third kappa shape index (κ3) is 6.78. The van der Waals surface area contributed by atoms with E-state index in [1.165, 1.54) is 0 Å². The van der Waals surface area contributed by atoms with Crippen molar-refractivity contribution in [3.63, 3.8) is 0 Å². The average Bonchev–Trinajstić information content (AvgIpc) is 3.05. The summed E-state index contributed by atoms with van der Waals surface area (Å²) in [6.07, 6.45) is 4.25. The summed E-state index contributed by atoms with van der Waals surface area (Å²) in [5.74, 6) is 1.58. The van der Waals surface area contributed by atoms with Gasteiger partial charge in [0.1, 0.15) is 0 Å². The van der Waals surface area contributed by atoms with Gasteiger partial charge in [-0.3, -0.25) is 4.21 Å². The van der Waals surface area contributed by atoms with Gasteiger partial charge in [-0.2, -0.15) is 5.10 Å². The molecule has 31 heavy (non-hydrogen) atoms. The van der Waals surface area contributed by atoms with Crippen molar-refractivity contribution in [1.29, 1.82) is 0 Å². The molecule has 1 fully saturated rings. The fourth-order valence-electron chi connectivity index (χ4n) is 4.15. The van der Waals surface area contributed by atoms with Crippen molar-refractivity contribution >= 4 is 40.7 Å². The number of aliphatic imine (C=N–C) groups is 1. The molecular weight excluding hydrogens is 521 g/mol. The van der Waals surface area contributed by atoms with Crippen LogP contribution in [0.4, 0.5) is 0 Å². The second-order valence-electron chi connectivity index (χ2n) is 7.89. The van der Waals surface area contributed by atoms with Crippen LogP contribution in [-0.2, 0) is 17.3 Å². The van der Waals surface area contributed by atoms with Gasteiger partial charge >= 0.3 is 0 Å². The molecule has 0 bridgehead atoms. The highest BCUT2D eigenvalue weighted by atomic mass is 127. The molecule has 0 aliphatic heterocycles. The van der Waals surface area contributed by atoms with Gasteiger partial charge < -0.3 is 10.6 Å². The molecule has 3 atom stereocenters. The summed E-state index contributed by atoms with van der Waals surface area (Å²) in [6, 6.07) is 10.5. The summed E-state index contributed by atoms with van der Waals surface area (Å²) in [4.78, 5) is 4.86. The third-order valence-electron chi connectivity index (χ3n) is 5.80. The molecule has 3 rings (SSSR count). The SMILES string of the molecule is CCNC(=NCc1c(C)nn(-c2ccccc2)c1C)NC1CCCC(S(=O)CC)C1.I. The molecule has 1 aliphatic carbocycles. The number of aryl methyl sites for hydroxylation is 1. The van der Waals surface area contributed by atoms with E-state index in [2.05, 4.69) is 36.6 Å². The molecule has 3 unspecified atom stereocenters. The van der Waals surface area contributed by atoms with E-state index >= 15 is 0 Å². The molecule has 0 amide bonds. The second kappa shape index (κ2) is 12.6. The summed E-state index contributed by atoms with van der Waals surface area (Å²) >= 11 is 0. The van der Waals surface area contributed by atoms with E-state index in [1.807, 2.05) is 36.7 Å². The first kappa shape index (κ1) is 25.8. The van der Waals surface area contributed by atoms with E-state index < -0.39 is 10.8 Å². The zero-order valence-corrected chi connectivity index (χ0v) is 22.2. The number of para-hydroxylation sites is 1. The molecule has 1 aromatic carbocycles. The van der Waals surface area contributed by atoms with Crippen LogP contribution in [-0.4, -0.2) is 43.5 Å². The summed E-state index contributed by atoms with van der Waals surface area (Å²) in [6.45, 7) is 9.63. The third-order valence-corrected chi connectivity index (χ3v) is 7.55. The van der Waals surface area contributed by atoms with Crippen LogP contribution < -0.4 is 10.6 Å². The zero-order chi connectivity index (χ0) is 21.5. The van der Waals surface area contributed by atoms with Crippen molar-refractivity contribution in [3.05, 3.63) is 47.3 Å². The highest BCUT2D eigenvalue weighted by Crippen LogP contribution is 2.23. The maximum atomic E-state index is 12.3. The number of halogens is 1. The van der Waals surface area contributed by atoms with Gasteiger partial charge in [0.15, 0.2) is 5.96 Å². The molecule has 1 aliphatic rings. The smallest absolute Gasteiger partial charge is 0.191 e. The Labute approximate surface area is 206 Å². The number of rotatable bonds is 7. The monoisotopic (exact) mass is 557 g/mol. The van der Waals surface area contributed by atoms with Crippen LogP contribution in [0.25, 0.3) is 5.69 Å². The van der Waals surface area contributed by atoms with Crippen LogP contribution in [0, 0.1) is 13.8 Å². The lowest BCUT2D eigenvalue weighted by molar-refractivity contribution is 0.413. The minimum absolute atomic E-state index is 0. The van der Waals surface area contributed by atoms with Crippen molar-refractivity contribution in [1.82, 2.24) is 20.4 Å². The van der Waals surface area contributed by atoms with Crippen molar-refractivity contribution in [2.75, 3.05) is 12.3 Å². The first-order valence-electron chi connectivity index (χ1n) is 11.1. The first-order chi connectivity index (χ1) is 14.5. The molecule has 0 radical (unpaired) electrons. The van der Waals surface area contributed by atoms with Crippen LogP contribution in [0.3, 0.4) is 0 Å². The molecule has 172 valence electrons. The Bertz CT molecular complexity index is 884. The predicted octanol–water partition coefficient (Wildman–Crippen LogP) is 4.24. The molecule has 6 nitrogen and oxygen atoms in total. The highest BCUT2D eigenvalue weighted by molar-refractivity contribution is 14.0. The van der Waals surface area contributed by atoms with Crippen LogP contribution >= 0.6 is 24.0 Å². The zero-order valence-electron chi connectivity index (χ0n) is 19.1. The standard InChI is InChI=1S/C23H35N5OS.HI/c1-5-24-23(26-19-11-10-14-21(15-19)30(29)6-2)25-16-22-17(3)27-28(18(22)4)20-12-8-7-9-13-20;/h7-9,12-13,19,21H,5-6,10-11,14-16H2,1-4H3,(H2,24,25,26);1H. The van der Waals surface area contributed by atoms with Crippen molar-refractivity contribution < 1.29 is 4.21 Å². The lowest BCUT2D eigenvalue weighted by Crippen LogP contribution is -2.46. The quantitative estimate of drug-likeness (QED) is 0.304. The largest absolute Gasteiger partial charge is 0.357 e. The normalized spacial score (nSPS) is 20.1. The van der Waals surface area contributed by atoms with Gasteiger partial charge in [0, 0.05) is 45.6 Å². The Hall–Kier alpha value is -1.42. The number of aromatic nitrogens is 2. The molecular formula is C23H36IN5OS.